The fourth-order valence-corrected chi connectivity index (χ4v) is 2.48. The predicted octanol–water partition coefficient (Wildman–Crippen LogP) is 3.10. The first-order chi connectivity index (χ1) is 7.72. The third-order valence-corrected chi connectivity index (χ3v) is 3.51. The summed E-state index contributed by atoms with van der Waals surface area (Å²) in [6.07, 6.45) is 2.03. The Morgan fingerprint density at radius 1 is 1.50 bits per heavy atom. The molecule has 0 aliphatic rings. The van der Waals surface area contributed by atoms with E-state index in [2.05, 4.69) is 11.9 Å². The van der Waals surface area contributed by atoms with E-state index in [1.807, 2.05) is 30.5 Å². The van der Waals surface area contributed by atoms with Crippen LogP contribution in [-0.2, 0) is 6.42 Å². The Labute approximate surface area is 99.6 Å². The van der Waals surface area contributed by atoms with Crippen molar-refractivity contribution in [1.29, 1.82) is 0 Å². The lowest BCUT2D eigenvalue weighted by Gasteiger charge is -2.12. The molecule has 2 nitrogen and oxygen atoms in total. The molecule has 0 spiro atoms. The summed E-state index contributed by atoms with van der Waals surface area (Å²) in [6, 6.07) is 5.95. The van der Waals surface area contributed by atoms with Gasteiger partial charge < -0.3 is 5.11 Å². The summed E-state index contributed by atoms with van der Waals surface area (Å²) in [6.45, 7) is 4.12. The van der Waals surface area contributed by atoms with Gasteiger partial charge in [0.2, 0.25) is 0 Å². The first kappa shape index (κ1) is 11.3. The average molecular weight is 233 g/mol. The molecule has 2 rings (SSSR count). The van der Waals surface area contributed by atoms with E-state index < -0.39 is 6.10 Å². The number of aromatic nitrogens is 1. The second kappa shape index (κ2) is 4.76. The zero-order chi connectivity index (χ0) is 11.5. The smallest absolute Gasteiger partial charge is 0.122 e. The van der Waals surface area contributed by atoms with Crippen LogP contribution in [0.1, 0.15) is 34.7 Å². The molecule has 0 aliphatic carbocycles. The van der Waals surface area contributed by atoms with Crippen molar-refractivity contribution in [1.82, 2.24) is 4.98 Å². The van der Waals surface area contributed by atoms with E-state index in [1.165, 1.54) is 4.88 Å². The number of rotatable bonds is 3. The number of hydrogen-bond acceptors (Lipinski definition) is 3. The lowest BCUT2D eigenvalue weighted by molar-refractivity contribution is 0.214. The van der Waals surface area contributed by atoms with Crippen LogP contribution in [0.3, 0.4) is 0 Å². The van der Waals surface area contributed by atoms with Crippen molar-refractivity contribution in [3.63, 3.8) is 0 Å². The number of nitrogens with zero attached hydrogens (tertiary/aromatic N) is 1. The van der Waals surface area contributed by atoms with Gasteiger partial charge in [0.25, 0.3) is 0 Å². The highest BCUT2D eigenvalue weighted by Gasteiger charge is 2.15. The van der Waals surface area contributed by atoms with Crippen molar-refractivity contribution in [3.05, 3.63) is 51.5 Å². The fourth-order valence-electron chi connectivity index (χ4n) is 1.76. The third-order valence-electron chi connectivity index (χ3n) is 2.63. The summed E-state index contributed by atoms with van der Waals surface area (Å²) in [5.74, 6) is 0. The molecule has 2 aromatic rings. The van der Waals surface area contributed by atoms with E-state index >= 15 is 0 Å². The number of pyridine rings is 1. The van der Waals surface area contributed by atoms with Gasteiger partial charge in [-0.1, -0.05) is 13.0 Å². The molecule has 16 heavy (non-hydrogen) atoms. The van der Waals surface area contributed by atoms with E-state index in [1.54, 1.807) is 17.5 Å². The zero-order valence-electron chi connectivity index (χ0n) is 9.47. The Morgan fingerprint density at radius 3 is 2.94 bits per heavy atom. The van der Waals surface area contributed by atoms with Crippen molar-refractivity contribution in [2.75, 3.05) is 0 Å². The summed E-state index contributed by atoms with van der Waals surface area (Å²) in [5, 5.41) is 12.3. The monoisotopic (exact) mass is 233 g/mol. The van der Waals surface area contributed by atoms with Crippen LogP contribution in [-0.4, -0.2) is 10.1 Å². The van der Waals surface area contributed by atoms with Crippen LogP contribution in [0, 0.1) is 6.92 Å². The summed E-state index contributed by atoms with van der Waals surface area (Å²) in [4.78, 5) is 5.50. The Bertz CT molecular complexity index is 478. The first-order valence-corrected chi connectivity index (χ1v) is 6.27. The molecule has 3 heteroatoms. The largest absolute Gasteiger partial charge is 0.382 e. The van der Waals surface area contributed by atoms with Crippen molar-refractivity contribution >= 4 is 11.3 Å². The number of thiophene rings is 1. The van der Waals surface area contributed by atoms with Gasteiger partial charge in [-0.2, -0.15) is 0 Å². The minimum absolute atomic E-state index is 0.596. The molecular formula is C13H15NOS. The SMILES string of the molecule is CCc1cccnc1C(O)c1csc(C)c1. The maximum atomic E-state index is 10.3. The number of aryl methyl sites for hydroxylation is 2. The van der Waals surface area contributed by atoms with Crippen molar-refractivity contribution in [2.45, 2.75) is 26.4 Å². The molecular weight excluding hydrogens is 218 g/mol. The molecule has 1 atom stereocenters. The maximum Gasteiger partial charge on any atom is 0.122 e. The molecule has 84 valence electrons. The molecule has 0 radical (unpaired) electrons. The van der Waals surface area contributed by atoms with Crippen molar-refractivity contribution in [3.8, 4) is 0 Å². The molecule has 0 saturated heterocycles. The Balaban J connectivity index is 2.36. The second-order valence-electron chi connectivity index (χ2n) is 3.79. The molecule has 1 unspecified atom stereocenters. The summed E-state index contributed by atoms with van der Waals surface area (Å²) in [5.41, 5.74) is 2.83. The highest BCUT2D eigenvalue weighted by atomic mass is 32.1. The molecule has 1 N–H and O–H groups in total. The standard InChI is InChI=1S/C13H15NOS/c1-3-10-5-4-6-14-12(10)13(15)11-7-9(2)16-8-11/h4-8,13,15H,3H2,1-2H3. The molecule has 2 aromatic heterocycles. The normalized spacial score (nSPS) is 12.7. The fraction of sp³-hybridized carbons (Fsp3) is 0.308. The molecule has 2 heterocycles. The van der Waals surface area contributed by atoms with Crippen molar-refractivity contribution in [2.24, 2.45) is 0 Å². The first-order valence-electron chi connectivity index (χ1n) is 5.39. The van der Waals surface area contributed by atoms with Crippen LogP contribution in [0.25, 0.3) is 0 Å². The van der Waals surface area contributed by atoms with Crippen LogP contribution in [0.2, 0.25) is 0 Å². The molecule has 0 saturated carbocycles. The zero-order valence-corrected chi connectivity index (χ0v) is 10.3. The van der Waals surface area contributed by atoms with Crippen LogP contribution in [0.15, 0.2) is 29.8 Å². The van der Waals surface area contributed by atoms with E-state index in [0.29, 0.717) is 0 Å². The van der Waals surface area contributed by atoms with Gasteiger partial charge in [-0.15, -0.1) is 11.3 Å². The number of aliphatic hydroxyl groups is 1. The number of aliphatic hydroxyl groups excluding tert-OH is 1. The Morgan fingerprint density at radius 2 is 2.31 bits per heavy atom. The molecule has 0 amide bonds. The summed E-state index contributed by atoms with van der Waals surface area (Å²) < 4.78 is 0. The van der Waals surface area contributed by atoms with E-state index in [4.69, 9.17) is 0 Å². The number of hydrogen-bond donors (Lipinski definition) is 1. The lowest BCUT2D eigenvalue weighted by Crippen LogP contribution is -2.04. The van der Waals surface area contributed by atoms with Crippen LogP contribution in [0.5, 0.6) is 0 Å². The van der Waals surface area contributed by atoms with E-state index in [0.717, 1.165) is 23.2 Å². The topological polar surface area (TPSA) is 33.1 Å². The van der Waals surface area contributed by atoms with E-state index in [-0.39, 0.29) is 0 Å². The second-order valence-corrected chi connectivity index (χ2v) is 4.91. The van der Waals surface area contributed by atoms with Gasteiger partial charge in [-0.05, 0) is 42.0 Å². The molecule has 0 fully saturated rings. The summed E-state index contributed by atoms with van der Waals surface area (Å²) in [7, 11) is 0. The molecule has 0 aromatic carbocycles. The van der Waals surface area contributed by atoms with Gasteiger partial charge in [-0.25, -0.2) is 0 Å². The lowest BCUT2D eigenvalue weighted by atomic mass is 10.0. The predicted molar refractivity (Wildman–Crippen MR) is 66.7 cm³/mol. The minimum atomic E-state index is -0.596. The average Bonchev–Trinajstić information content (AvgIpc) is 2.75. The Hall–Kier alpha value is -1.19. The van der Waals surface area contributed by atoms with Gasteiger partial charge in [0, 0.05) is 11.1 Å². The van der Waals surface area contributed by atoms with Gasteiger partial charge in [0.05, 0.1) is 5.69 Å². The quantitative estimate of drug-likeness (QED) is 0.883. The van der Waals surface area contributed by atoms with Crippen molar-refractivity contribution < 1.29 is 5.11 Å². The van der Waals surface area contributed by atoms with E-state index in [9.17, 15) is 5.11 Å². The molecule has 0 aliphatic heterocycles. The third kappa shape index (κ3) is 2.15. The van der Waals surface area contributed by atoms with Gasteiger partial charge in [0.15, 0.2) is 0 Å². The van der Waals surface area contributed by atoms with Gasteiger partial charge in [0.1, 0.15) is 6.10 Å². The van der Waals surface area contributed by atoms with Crippen LogP contribution >= 0.6 is 11.3 Å². The Kier molecular flexibility index (Phi) is 3.36. The van der Waals surface area contributed by atoms with Crippen LogP contribution < -0.4 is 0 Å². The maximum absolute atomic E-state index is 10.3. The van der Waals surface area contributed by atoms with Gasteiger partial charge >= 0.3 is 0 Å². The molecule has 0 bridgehead atoms. The van der Waals surface area contributed by atoms with Crippen LogP contribution in [0.4, 0.5) is 0 Å². The summed E-state index contributed by atoms with van der Waals surface area (Å²) >= 11 is 1.65. The highest BCUT2D eigenvalue weighted by molar-refractivity contribution is 7.10. The van der Waals surface area contributed by atoms with Gasteiger partial charge in [-0.3, -0.25) is 4.98 Å². The minimum Gasteiger partial charge on any atom is -0.382 e. The highest BCUT2D eigenvalue weighted by Crippen LogP contribution is 2.26.